The standard InChI is InChI=1S/C29H27F3N4O5/c30-29(31,32)40-25-4-2-1-3-21(25)26-23(27(41-34-26)16-5-6-16)15-39-20-11-17-7-8-18(12-20)36(17)19-9-10-35-24(13-19)22(14-33-35)28(37)38/h1-4,9-10,13-14,16-18,20H,5-8,11-12,15H2,(H,37,38)/t17-,18-/m0/s1. The van der Waals surface area contributed by atoms with Gasteiger partial charge in [-0.3, -0.25) is 0 Å². The fraction of sp³-hybridized carbons (Fsp3) is 0.414. The van der Waals surface area contributed by atoms with Gasteiger partial charge in [-0.1, -0.05) is 17.3 Å². The van der Waals surface area contributed by atoms with Gasteiger partial charge < -0.3 is 24.0 Å². The SMILES string of the molecule is O=C(O)c1cnn2ccc(N3[C@H]4CC[C@H]3CC(OCc3c(-c5ccccc5OC(F)(F)F)noc3C3CC3)C4)cc12. The van der Waals surface area contributed by atoms with Gasteiger partial charge in [0, 0.05) is 41.0 Å². The number of piperidine rings is 1. The number of carboxylic acid groups (broad SMARTS) is 1. The van der Waals surface area contributed by atoms with Crippen molar-refractivity contribution in [3.05, 3.63) is 65.7 Å². The molecule has 12 heteroatoms. The van der Waals surface area contributed by atoms with E-state index in [1.807, 2.05) is 12.1 Å². The molecule has 9 nitrogen and oxygen atoms in total. The second kappa shape index (κ2) is 9.79. The number of anilines is 1. The lowest BCUT2D eigenvalue weighted by molar-refractivity contribution is -0.274. The molecular formula is C29H27F3N4O5. The molecule has 0 unspecified atom stereocenters. The molecule has 3 aromatic heterocycles. The van der Waals surface area contributed by atoms with Gasteiger partial charge >= 0.3 is 12.3 Å². The second-order valence-electron chi connectivity index (χ2n) is 11.0. The molecule has 1 aromatic carbocycles. The Hall–Kier alpha value is -4.06. The van der Waals surface area contributed by atoms with Crippen molar-refractivity contribution in [2.75, 3.05) is 4.90 Å². The van der Waals surface area contributed by atoms with Gasteiger partial charge in [0.25, 0.3) is 0 Å². The van der Waals surface area contributed by atoms with E-state index in [9.17, 15) is 23.1 Å². The maximum atomic E-state index is 13.1. The lowest BCUT2D eigenvalue weighted by atomic mass is 9.98. The number of aromatic carboxylic acids is 1. The summed E-state index contributed by atoms with van der Waals surface area (Å²) in [5, 5.41) is 17.8. The number of hydrogen-bond acceptors (Lipinski definition) is 7. The molecule has 214 valence electrons. The predicted octanol–water partition coefficient (Wildman–Crippen LogP) is 6.18. The molecule has 2 saturated heterocycles. The van der Waals surface area contributed by atoms with E-state index >= 15 is 0 Å². The van der Waals surface area contributed by atoms with Crippen LogP contribution in [0.2, 0.25) is 0 Å². The van der Waals surface area contributed by atoms with Crippen LogP contribution in [-0.4, -0.2) is 50.4 Å². The zero-order valence-corrected chi connectivity index (χ0v) is 21.9. The highest BCUT2D eigenvalue weighted by molar-refractivity contribution is 5.96. The molecule has 2 atom stereocenters. The maximum absolute atomic E-state index is 13.1. The first-order valence-electron chi connectivity index (χ1n) is 13.7. The topological polar surface area (TPSA) is 102 Å². The van der Waals surface area contributed by atoms with E-state index in [2.05, 4.69) is 19.9 Å². The summed E-state index contributed by atoms with van der Waals surface area (Å²) in [7, 11) is 0. The Morgan fingerprint density at radius 1 is 1.10 bits per heavy atom. The number of aromatic nitrogens is 3. The number of fused-ring (bicyclic) bond motifs is 3. The Labute approximate surface area is 232 Å². The Bertz CT molecular complexity index is 1600. The number of carboxylic acids is 1. The second-order valence-corrected chi connectivity index (χ2v) is 11.0. The van der Waals surface area contributed by atoms with Gasteiger partial charge in [0.05, 0.1) is 24.4 Å². The number of carbonyl (C=O) groups is 1. The van der Waals surface area contributed by atoms with E-state index in [4.69, 9.17) is 9.26 Å². The predicted molar refractivity (Wildman–Crippen MR) is 140 cm³/mol. The third-order valence-corrected chi connectivity index (χ3v) is 8.32. The number of para-hydroxylation sites is 1. The molecule has 3 fully saturated rings. The number of alkyl halides is 3. The van der Waals surface area contributed by atoms with Crippen molar-refractivity contribution in [2.24, 2.45) is 0 Å². The van der Waals surface area contributed by atoms with Crippen LogP contribution in [0, 0.1) is 0 Å². The van der Waals surface area contributed by atoms with E-state index in [0.717, 1.165) is 44.2 Å². The zero-order valence-electron chi connectivity index (χ0n) is 21.9. The van der Waals surface area contributed by atoms with Crippen molar-refractivity contribution in [3.8, 4) is 17.0 Å². The molecule has 2 bridgehead atoms. The number of rotatable bonds is 8. The molecular weight excluding hydrogens is 541 g/mol. The van der Waals surface area contributed by atoms with E-state index in [1.165, 1.54) is 18.3 Å². The van der Waals surface area contributed by atoms with Crippen LogP contribution in [0.1, 0.15) is 66.1 Å². The summed E-state index contributed by atoms with van der Waals surface area (Å²) < 4.78 is 57.2. The Kier molecular flexibility index (Phi) is 6.18. The van der Waals surface area contributed by atoms with Crippen LogP contribution in [0.4, 0.5) is 18.9 Å². The summed E-state index contributed by atoms with van der Waals surface area (Å²) >= 11 is 0. The third kappa shape index (κ3) is 4.90. The molecule has 7 rings (SSSR count). The molecule has 1 saturated carbocycles. The minimum absolute atomic E-state index is 0.0477. The number of benzene rings is 1. The fourth-order valence-electron chi connectivity index (χ4n) is 6.40. The van der Waals surface area contributed by atoms with E-state index in [0.29, 0.717) is 22.5 Å². The number of pyridine rings is 1. The van der Waals surface area contributed by atoms with Crippen molar-refractivity contribution in [3.63, 3.8) is 0 Å². The number of nitrogens with zero attached hydrogens (tertiary/aromatic N) is 4. The molecule has 1 N–H and O–H groups in total. The van der Waals surface area contributed by atoms with E-state index in [1.54, 1.807) is 22.8 Å². The Balaban J connectivity index is 1.10. The molecule has 3 aliphatic rings. The van der Waals surface area contributed by atoms with Crippen molar-refractivity contribution in [1.82, 2.24) is 14.8 Å². The number of hydrogen-bond donors (Lipinski definition) is 1. The minimum Gasteiger partial charge on any atom is -0.478 e. The first-order chi connectivity index (χ1) is 19.7. The minimum atomic E-state index is -4.83. The van der Waals surface area contributed by atoms with Crippen LogP contribution in [0.5, 0.6) is 5.75 Å². The van der Waals surface area contributed by atoms with Crippen LogP contribution in [0.25, 0.3) is 16.8 Å². The van der Waals surface area contributed by atoms with Crippen molar-refractivity contribution in [2.45, 2.75) is 75.6 Å². The average molecular weight is 569 g/mol. The third-order valence-electron chi connectivity index (χ3n) is 8.32. The Morgan fingerprint density at radius 2 is 1.85 bits per heavy atom. The lowest BCUT2D eigenvalue weighted by Gasteiger charge is -2.40. The highest BCUT2D eigenvalue weighted by atomic mass is 19.4. The van der Waals surface area contributed by atoms with Crippen LogP contribution < -0.4 is 9.64 Å². The molecule has 0 amide bonds. The largest absolute Gasteiger partial charge is 0.573 e. The highest BCUT2D eigenvalue weighted by Crippen LogP contribution is 2.46. The van der Waals surface area contributed by atoms with E-state index in [-0.39, 0.29) is 47.6 Å². The summed E-state index contributed by atoms with van der Waals surface area (Å²) in [5.41, 5.74) is 2.88. The molecule has 0 radical (unpaired) electrons. The summed E-state index contributed by atoms with van der Waals surface area (Å²) in [6, 6.07) is 10.2. The first kappa shape index (κ1) is 25.9. The summed E-state index contributed by atoms with van der Waals surface area (Å²) in [5.74, 6) is -0.480. The van der Waals surface area contributed by atoms with Crippen molar-refractivity contribution in [1.29, 1.82) is 0 Å². The van der Waals surface area contributed by atoms with Gasteiger partial charge in [-0.2, -0.15) is 5.10 Å². The van der Waals surface area contributed by atoms with Gasteiger partial charge in [-0.05, 0) is 62.8 Å². The van der Waals surface area contributed by atoms with Gasteiger partial charge in [0.1, 0.15) is 22.8 Å². The molecule has 1 aliphatic carbocycles. The van der Waals surface area contributed by atoms with Crippen LogP contribution in [-0.2, 0) is 11.3 Å². The summed E-state index contributed by atoms with van der Waals surface area (Å²) in [6.07, 6.45) is 3.69. The quantitative estimate of drug-likeness (QED) is 0.269. The van der Waals surface area contributed by atoms with Crippen LogP contribution >= 0.6 is 0 Å². The van der Waals surface area contributed by atoms with Gasteiger partial charge in [0.15, 0.2) is 0 Å². The van der Waals surface area contributed by atoms with Gasteiger partial charge in [-0.25, -0.2) is 9.31 Å². The van der Waals surface area contributed by atoms with Gasteiger partial charge in [0.2, 0.25) is 0 Å². The van der Waals surface area contributed by atoms with Gasteiger partial charge in [-0.15, -0.1) is 13.2 Å². The average Bonchev–Trinajstić information content (AvgIpc) is 3.44. The lowest BCUT2D eigenvalue weighted by Crippen LogP contribution is -2.45. The monoisotopic (exact) mass is 568 g/mol. The zero-order chi connectivity index (χ0) is 28.3. The summed E-state index contributed by atoms with van der Waals surface area (Å²) in [4.78, 5) is 14.0. The number of ether oxygens (including phenoxy) is 2. The molecule has 41 heavy (non-hydrogen) atoms. The van der Waals surface area contributed by atoms with Crippen molar-refractivity contribution >= 4 is 17.2 Å². The molecule has 4 aromatic rings. The first-order valence-corrected chi connectivity index (χ1v) is 13.7. The Morgan fingerprint density at radius 3 is 2.56 bits per heavy atom. The summed E-state index contributed by atoms with van der Waals surface area (Å²) in [6.45, 7) is 0.179. The molecule has 5 heterocycles. The maximum Gasteiger partial charge on any atom is 0.573 e. The fourth-order valence-corrected chi connectivity index (χ4v) is 6.40. The smallest absolute Gasteiger partial charge is 0.478 e. The van der Waals surface area contributed by atoms with Crippen LogP contribution in [0.3, 0.4) is 0 Å². The van der Waals surface area contributed by atoms with E-state index < -0.39 is 12.3 Å². The number of halogens is 3. The molecule has 2 aliphatic heterocycles. The van der Waals surface area contributed by atoms with Crippen LogP contribution in [0.15, 0.2) is 53.3 Å². The normalized spacial score (nSPS) is 22.4. The molecule has 0 spiro atoms. The van der Waals surface area contributed by atoms with Crippen molar-refractivity contribution < 1.29 is 37.1 Å². The highest BCUT2D eigenvalue weighted by Gasteiger charge is 2.42.